The third kappa shape index (κ3) is 5.71. The number of urea groups is 1. The highest BCUT2D eigenvalue weighted by Gasteiger charge is 2.21. The summed E-state index contributed by atoms with van der Waals surface area (Å²) >= 11 is 0. The van der Waals surface area contributed by atoms with Crippen LogP contribution in [0.2, 0.25) is 0 Å². The zero-order chi connectivity index (χ0) is 15.9. The van der Waals surface area contributed by atoms with E-state index < -0.39 is 0 Å². The largest absolute Gasteiger partial charge is 0.396 e. The Labute approximate surface area is 125 Å². The van der Waals surface area contributed by atoms with Gasteiger partial charge < -0.3 is 15.7 Å². The molecule has 1 aromatic rings. The van der Waals surface area contributed by atoms with Gasteiger partial charge in [-0.2, -0.15) is 0 Å². The number of hydrogen-bond donors (Lipinski definition) is 3. The molecular weight excluding hydrogens is 271 g/mol. The van der Waals surface area contributed by atoms with E-state index in [4.69, 9.17) is 5.11 Å². The number of hydrogen-bond acceptors (Lipinski definition) is 2. The third-order valence-electron chi connectivity index (χ3n) is 3.62. The Balaban J connectivity index is 2.52. The molecule has 0 spiro atoms. The Hall–Kier alpha value is -1.62. The number of carbonyl (C=O) groups is 1. The first-order valence-electron chi connectivity index (χ1n) is 7.30. The molecule has 1 atom stereocenters. The summed E-state index contributed by atoms with van der Waals surface area (Å²) in [5, 5.41) is 14.6. The first-order chi connectivity index (χ1) is 9.89. The van der Waals surface area contributed by atoms with Crippen molar-refractivity contribution in [1.82, 2.24) is 10.6 Å². The van der Waals surface area contributed by atoms with Crippen LogP contribution in [-0.2, 0) is 5.41 Å². The van der Waals surface area contributed by atoms with Crippen molar-refractivity contribution in [2.75, 3.05) is 13.2 Å². The predicted octanol–water partition coefficient (Wildman–Crippen LogP) is 2.56. The molecule has 3 N–H and O–H groups in total. The standard InChI is InChI=1S/C16H25FN2O2/c1-4-14(9-10-20)19-15(21)18-11-16(2,3)12-5-7-13(17)8-6-12/h5-8,14,20H,4,9-11H2,1-3H3,(H2,18,19,21). The van der Waals surface area contributed by atoms with Gasteiger partial charge in [0, 0.05) is 24.6 Å². The second kappa shape index (κ2) is 7.98. The molecule has 0 aliphatic carbocycles. The van der Waals surface area contributed by atoms with Crippen molar-refractivity contribution in [2.45, 2.75) is 45.1 Å². The van der Waals surface area contributed by atoms with Crippen LogP contribution in [0.15, 0.2) is 24.3 Å². The highest BCUT2D eigenvalue weighted by molar-refractivity contribution is 5.74. The fourth-order valence-corrected chi connectivity index (χ4v) is 2.08. The van der Waals surface area contributed by atoms with Crippen LogP contribution in [0.5, 0.6) is 0 Å². The molecule has 0 aliphatic rings. The summed E-state index contributed by atoms with van der Waals surface area (Å²) in [7, 11) is 0. The zero-order valence-electron chi connectivity index (χ0n) is 12.9. The molecule has 118 valence electrons. The minimum atomic E-state index is -0.288. The van der Waals surface area contributed by atoms with Crippen molar-refractivity contribution in [3.05, 3.63) is 35.6 Å². The van der Waals surface area contributed by atoms with E-state index in [1.807, 2.05) is 20.8 Å². The number of benzene rings is 1. The lowest BCUT2D eigenvalue weighted by Gasteiger charge is -2.26. The molecule has 0 aromatic heterocycles. The zero-order valence-corrected chi connectivity index (χ0v) is 12.9. The SMILES string of the molecule is CCC(CCO)NC(=O)NCC(C)(C)c1ccc(F)cc1. The van der Waals surface area contributed by atoms with E-state index >= 15 is 0 Å². The number of amides is 2. The van der Waals surface area contributed by atoms with Gasteiger partial charge in [0.25, 0.3) is 0 Å². The Morgan fingerprint density at radius 1 is 1.33 bits per heavy atom. The summed E-state index contributed by atoms with van der Waals surface area (Å²) in [5.41, 5.74) is 0.676. The third-order valence-corrected chi connectivity index (χ3v) is 3.62. The summed E-state index contributed by atoms with van der Waals surface area (Å²) in [5.74, 6) is -0.268. The molecule has 2 amide bonds. The molecule has 1 unspecified atom stereocenters. The highest BCUT2D eigenvalue weighted by atomic mass is 19.1. The fourth-order valence-electron chi connectivity index (χ4n) is 2.08. The molecule has 0 bridgehead atoms. The van der Waals surface area contributed by atoms with Gasteiger partial charge in [0.05, 0.1) is 0 Å². The molecule has 1 rings (SSSR count). The van der Waals surface area contributed by atoms with Crippen molar-refractivity contribution in [3.63, 3.8) is 0 Å². The number of aliphatic hydroxyl groups is 1. The fraction of sp³-hybridized carbons (Fsp3) is 0.562. The predicted molar refractivity (Wildman–Crippen MR) is 81.7 cm³/mol. The Bertz CT molecular complexity index is 446. The summed E-state index contributed by atoms with van der Waals surface area (Å²) in [4.78, 5) is 11.9. The maximum atomic E-state index is 12.9. The average molecular weight is 296 g/mol. The van der Waals surface area contributed by atoms with Gasteiger partial charge in [-0.3, -0.25) is 0 Å². The number of aliphatic hydroxyl groups excluding tert-OH is 1. The lowest BCUT2D eigenvalue weighted by molar-refractivity contribution is 0.226. The van der Waals surface area contributed by atoms with E-state index in [-0.39, 0.29) is 29.9 Å². The van der Waals surface area contributed by atoms with Crippen LogP contribution in [0.3, 0.4) is 0 Å². The van der Waals surface area contributed by atoms with Gasteiger partial charge >= 0.3 is 6.03 Å². The monoisotopic (exact) mass is 296 g/mol. The normalized spacial score (nSPS) is 12.8. The van der Waals surface area contributed by atoms with E-state index in [9.17, 15) is 9.18 Å². The van der Waals surface area contributed by atoms with E-state index in [1.54, 1.807) is 12.1 Å². The molecule has 4 nitrogen and oxygen atoms in total. The lowest BCUT2D eigenvalue weighted by atomic mass is 9.84. The van der Waals surface area contributed by atoms with Crippen LogP contribution >= 0.6 is 0 Å². The van der Waals surface area contributed by atoms with Crippen molar-refractivity contribution >= 4 is 6.03 Å². The second-order valence-electron chi connectivity index (χ2n) is 5.84. The minimum Gasteiger partial charge on any atom is -0.396 e. The average Bonchev–Trinajstić information content (AvgIpc) is 2.45. The molecule has 0 saturated carbocycles. The second-order valence-corrected chi connectivity index (χ2v) is 5.84. The molecule has 0 saturated heterocycles. The van der Waals surface area contributed by atoms with Gasteiger partial charge in [-0.15, -0.1) is 0 Å². The van der Waals surface area contributed by atoms with Crippen LogP contribution in [0.25, 0.3) is 0 Å². The quantitative estimate of drug-likeness (QED) is 0.724. The summed E-state index contributed by atoms with van der Waals surface area (Å²) < 4.78 is 12.9. The minimum absolute atomic E-state index is 0.0241. The summed E-state index contributed by atoms with van der Waals surface area (Å²) in [6, 6.07) is 6.04. The van der Waals surface area contributed by atoms with E-state index in [1.165, 1.54) is 12.1 Å². The molecule has 1 aromatic carbocycles. The Morgan fingerprint density at radius 2 is 1.95 bits per heavy atom. The molecular formula is C16H25FN2O2. The number of nitrogens with one attached hydrogen (secondary N) is 2. The molecule has 21 heavy (non-hydrogen) atoms. The van der Waals surface area contributed by atoms with Gasteiger partial charge in [-0.1, -0.05) is 32.9 Å². The highest BCUT2D eigenvalue weighted by Crippen LogP contribution is 2.22. The van der Waals surface area contributed by atoms with Gasteiger partial charge in [0.15, 0.2) is 0 Å². The first kappa shape index (κ1) is 17.4. The van der Waals surface area contributed by atoms with Crippen molar-refractivity contribution in [2.24, 2.45) is 0 Å². The summed E-state index contributed by atoms with van der Waals surface area (Å²) in [6.07, 6.45) is 1.32. The van der Waals surface area contributed by atoms with Crippen LogP contribution in [0.4, 0.5) is 9.18 Å². The smallest absolute Gasteiger partial charge is 0.315 e. The van der Waals surface area contributed by atoms with Crippen LogP contribution in [0.1, 0.15) is 39.2 Å². The summed E-state index contributed by atoms with van der Waals surface area (Å²) in [6.45, 7) is 6.44. The number of rotatable bonds is 7. The topological polar surface area (TPSA) is 61.4 Å². The van der Waals surface area contributed by atoms with E-state index in [0.717, 1.165) is 12.0 Å². The van der Waals surface area contributed by atoms with Crippen molar-refractivity contribution in [3.8, 4) is 0 Å². The number of carbonyl (C=O) groups excluding carboxylic acids is 1. The van der Waals surface area contributed by atoms with Gasteiger partial charge in [-0.25, -0.2) is 9.18 Å². The van der Waals surface area contributed by atoms with Gasteiger partial charge in [0.1, 0.15) is 5.82 Å². The van der Waals surface area contributed by atoms with Crippen LogP contribution in [0, 0.1) is 5.82 Å². The van der Waals surface area contributed by atoms with Crippen LogP contribution in [-0.4, -0.2) is 30.3 Å². The van der Waals surface area contributed by atoms with E-state index in [0.29, 0.717) is 13.0 Å². The molecule has 5 heteroatoms. The Kier molecular flexibility index (Phi) is 6.62. The van der Waals surface area contributed by atoms with Gasteiger partial charge in [0.2, 0.25) is 0 Å². The van der Waals surface area contributed by atoms with Gasteiger partial charge in [-0.05, 0) is 30.5 Å². The lowest BCUT2D eigenvalue weighted by Crippen LogP contribution is -2.46. The molecule has 0 aliphatic heterocycles. The molecule has 0 radical (unpaired) electrons. The van der Waals surface area contributed by atoms with Crippen molar-refractivity contribution < 1.29 is 14.3 Å². The van der Waals surface area contributed by atoms with Crippen molar-refractivity contribution in [1.29, 1.82) is 0 Å². The molecule has 0 fully saturated rings. The molecule has 0 heterocycles. The first-order valence-corrected chi connectivity index (χ1v) is 7.30. The Morgan fingerprint density at radius 3 is 2.48 bits per heavy atom. The van der Waals surface area contributed by atoms with E-state index in [2.05, 4.69) is 10.6 Å². The van der Waals surface area contributed by atoms with Crippen LogP contribution < -0.4 is 10.6 Å². The maximum absolute atomic E-state index is 12.9. The number of halogens is 1. The maximum Gasteiger partial charge on any atom is 0.315 e.